The molecular weight excluding hydrogens is 304 g/mol. The zero-order valence-electron chi connectivity index (χ0n) is 11.3. The summed E-state index contributed by atoms with van der Waals surface area (Å²) in [5, 5.41) is 6.56. The molecule has 0 aliphatic rings. The predicted octanol–water partition coefficient (Wildman–Crippen LogP) is 4.03. The van der Waals surface area contributed by atoms with Gasteiger partial charge in [-0.25, -0.2) is 9.97 Å². The molecule has 0 spiro atoms. The molecule has 1 aromatic heterocycles. The molecule has 1 heterocycles. The Hall–Kier alpha value is -1.62. The first-order valence-corrected chi connectivity index (χ1v) is 6.99. The molecule has 2 rings (SSSR count). The quantitative estimate of drug-likeness (QED) is 0.892. The Kier molecular flexibility index (Phi) is 4.37. The molecule has 0 aliphatic carbocycles. The van der Waals surface area contributed by atoms with Crippen molar-refractivity contribution in [3.05, 3.63) is 40.1 Å². The normalized spacial score (nSPS) is 10.3. The highest BCUT2D eigenvalue weighted by atomic mass is 79.9. The number of rotatable bonds is 4. The Balaban J connectivity index is 2.30. The number of benzene rings is 1. The van der Waals surface area contributed by atoms with Gasteiger partial charge in [0.1, 0.15) is 18.0 Å². The lowest BCUT2D eigenvalue weighted by Crippen LogP contribution is -2.05. The van der Waals surface area contributed by atoms with Crippen molar-refractivity contribution in [2.24, 2.45) is 0 Å². The van der Waals surface area contributed by atoms with E-state index in [0.717, 1.165) is 33.9 Å². The third-order valence-corrected chi connectivity index (χ3v) is 3.19. The van der Waals surface area contributed by atoms with Gasteiger partial charge < -0.3 is 10.6 Å². The van der Waals surface area contributed by atoms with E-state index in [-0.39, 0.29) is 0 Å². The molecule has 0 saturated carbocycles. The van der Waals surface area contributed by atoms with E-state index < -0.39 is 0 Å². The Bertz CT molecular complexity index is 563. The summed E-state index contributed by atoms with van der Waals surface area (Å²) in [5.74, 6) is 1.69. The standard InChI is InChI=1S/C14H17BrN4/c1-4-16-13-10(3)14(18-8-17-13)19-12-6-9(2)5-11(15)7-12/h5-8H,4H2,1-3H3,(H2,16,17,18,19). The van der Waals surface area contributed by atoms with E-state index in [1.807, 2.05) is 19.9 Å². The average molecular weight is 321 g/mol. The Morgan fingerprint density at radius 1 is 1.11 bits per heavy atom. The molecular formula is C14H17BrN4. The molecule has 5 heteroatoms. The Labute approximate surface area is 121 Å². The Morgan fingerprint density at radius 2 is 1.84 bits per heavy atom. The number of aromatic nitrogens is 2. The summed E-state index contributed by atoms with van der Waals surface area (Å²) < 4.78 is 1.05. The topological polar surface area (TPSA) is 49.8 Å². The van der Waals surface area contributed by atoms with Crippen molar-refractivity contribution in [1.82, 2.24) is 9.97 Å². The van der Waals surface area contributed by atoms with Crippen LogP contribution in [-0.2, 0) is 0 Å². The number of hydrogen-bond donors (Lipinski definition) is 2. The van der Waals surface area contributed by atoms with Gasteiger partial charge in [-0.15, -0.1) is 0 Å². The molecule has 0 radical (unpaired) electrons. The summed E-state index contributed by atoms with van der Waals surface area (Å²) in [7, 11) is 0. The van der Waals surface area contributed by atoms with Crippen molar-refractivity contribution < 1.29 is 0 Å². The first-order chi connectivity index (χ1) is 9.10. The molecule has 0 fully saturated rings. The maximum absolute atomic E-state index is 4.30. The van der Waals surface area contributed by atoms with Crippen molar-refractivity contribution in [3.8, 4) is 0 Å². The predicted molar refractivity (Wildman–Crippen MR) is 83.1 cm³/mol. The minimum Gasteiger partial charge on any atom is -0.370 e. The van der Waals surface area contributed by atoms with Crippen LogP contribution >= 0.6 is 15.9 Å². The largest absolute Gasteiger partial charge is 0.370 e. The minimum absolute atomic E-state index is 0.823. The van der Waals surface area contributed by atoms with Crippen molar-refractivity contribution >= 4 is 33.3 Å². The van der Waals surface area contributed by atoms with Gasteiger partial charge in [-0.1, -0.05) is 15.9 Å². The molecule has 2 aromatic rings. The molecule has 0 bridgehead atoms. The first-order valence-electron chi connectivity index (χ1n) is 6.20. The second-order valence-electron chi connectivity index (χ2n) is 4.37. The molecule has 0 atom stereocenters. The average Bonchev–Trinajstić information content (AvgIpc) is 2.33. The van der Waals surface area contributed by atoms with Crippen molar-refractivity contribution in [1.29, 1.82) is 0 Å². The highest BCUT2D eigenvalue weighted by Gasteiger charge is 2.07. The highest BCUT2D eigenvalue weighted by Crippen LogP contribution is 2.25. The van der Waals surface area contributed by atoms with Crippen molar-refractivity contribution in [2.75, 3.05) is 17.2 Å². The summed E-state index contributed by atoms with van der Waals surface area (Å²) >= 11 is 3.50. The lowest BCUT2D eigenvalue weighted by molar-refractivity contribution is 1.08. The summed E-state index contributed by atoms with van der Waals surface area (Å²) in [6.45, 7) is 6.96. The molecule has 100 valence electrons. The van der Waals surface area contributed by atoms with Gasteiger partial charge in [-0.2, -0.15) is 0 Å². The third kappa shape index (κ3) is 3.44. The van der Waals surface area contributed by atoms with Crippen LogP contribution in [0.1, 0.15) is 18.1 Å². The minimum atomic E-state index is 0.823. The molecule has 4 nitrogen and oxygen atoms in total. The van der Waals surface area contributed by atoms with E-state index in [0.29, 0.717) is 0 Å². The van der Waals surface area contributed by atoms with Crippen molar-refractivity contribution in [2.45, 2.75) is 20.8 Å². The number of anilines is 3. The van der Waals surface area contributed by atoms with Gasteiger partial charge in [-0.3, -0.25) is 0 Å². The van der Waals surface area contributed by atoms with Crippen LogP contribution in [-0.4, -0.2) is 16.5 Å². The van der Waals surface area contributed by atoms with Crippen LogP contribution in [0.15, 0.2) is 29.0 Å². The maximum atomic E-state index is 4.30. The summed E-state index contributed by atoms with van der Waals surface area (Å²) in [6.07, 6.45) is 1.57. The van der Waals surface area contributed by atoms with E-state index in [4.69, 9.17) is 0 Å². The number of halogens is 1. The molecule has 19 heavy (non-hydrogen) atoms. The van der Waals surface area contributed by atoms with Gasteiger partial charge >= 0.3 is 0 Å². The van der Waals surface area contributed by atoms with Crippen LogP contribution in [0.25, 0.3) is 0 Å². The molecule has 2 N–H and O–H groups in total. The number of nitrogens with zero attached hydrogens (tertiary/aromatic N) is 2. The highest BCUT2D eigenvalue weighted by molar-refractivity contribution is 9.10. The van der Waals surface area contributed by atoms with Crippen LogP contribution in [0.3, 0.4) is 0 Å². The maximum Gasteiger partial charge on any atom is 0.138 e. The Morgan fingerprint density at radius 3 is 2.53 bits per heavy atom. The molecule has 0 unspecified atom stereocenters. The fourth-order valence-corrected chi connectivity index (χ4v) is 2.47. The number of nitrogens with one attached hydrogen (secondary N) is 2. The second-order valence-corrected chi connectivity index (χ2v) is 5.28. The molecule has 0 aliphatic heterocycles. The first kappa shape index (κ1) is 13.8. The third-order valence-electron chi connectivity index (χ3n) is 2.73. The smallest absolute Gasteiger partial charge is 0.138 e. The van der Waals surface area contributed by atoms with E-state index in [1.54, 1.807) is 6.33 Å². The van der Waals surface area contributed by atoms with Crippen LogP contribution < -0.4 is 10.6 Å². The fourth-order valence-electron chi connectivity index (χ4n) is 1.87. The van der Waals surface area contributed by atoms with E-state index in [9.17, 15) is 0 Å². The number of aryl methyl sites for hydroxylation is 1. The van der Waals surface area contributed by atoms with Gasteiger partial charge in [0.2, 0.25) is 0 Å². The summed E-state index contributed by atoms with van der Waals surface area (Å²) in [6, 6.07) is 6.18. The van der Waals surface area contributed by atoms with Gasteiger partial charge in [-0.05, 0) is 44.5 Å². The van der Waals surface area contributed by atoms with Gasteiger partial charge in [0, 0.05) is 22.3 Å². The van der Waals surface area contributed by atoms with E-state index in [2.05, 4.69) is 55.6 Å². The monoisotopic (exact) mass is 320 g/mol. The fraction of sp³-hybridized carbons (Fsp3) is 0.286. The van der Waals surface area contributed by atoms with E-state index >= 15 is 0 Å². The van der Waals surface area contributed by atoms with Crippen LogP contribution in [0.5, 0.6) is 0 Å². The number of hydrogen-bond acceptors (Lipinski definition) is 4. The summed E-state index contributed by atoms with van der Waals surface area (Å²) in [4.78, 5) is 8.53. The summed E-state index contributed by atoms with van der Waals surface area (Å²) in [5.41, 5.74) is 3.22. The lowest BCUT2D eigenvalue weighted by atomic mass is 10.2. The van der Waals surface area contributed by atoms with Gasteiger partial charge in [0.15, 0.2) is 0 Å². The molecule has 0 amide bonds. The molecule has 1 aromatic carbocycles. The molecule has 0 saturated heterocycles. The van der Waals surface area contributed by atoms with Crippen LogP contribution in [0.4, 0.5) is 17.3 Å². The van der Waals surface area contributed by atoms with Crippen LogP contribution in [0, 0.1) is 13.8 Å². The lowest BCUT2D eigenvalue weighted by Gasteiger charge is -2.12. The SMILES string of the molecule is CCNc1ncnc(Nc2cc(C)cc(Br)c2)c1C. The van der Waals surface area contributed by atoms with Gasteiger partial charge in [0.25, 0.3) is 0 Å². The van der Waals surface area contributed by atoms with Crippen molar-refractivity contribution in [3.63, 3.8) is 0 Å². The zero-order chi connectivity index (χ0) is 13.8. The second kappa shape index (κ2) is 6.02. The zero-order valence-corrected chi connectivity index (χ0v) is 12.9. The van der Waals surface area contributed by atoms with Gasteiger partial charge in [0.05, 0.1) is 0 Å². The van der Waals surface area contributed by atoms with Crippen LogP contribution in [0.2, 0.25) is 0 Å². The van der Waals surface area contributed by atoms with E-state index in [1.165, 1.54) is 5.56 Å².